The quantitative estimate of drug-likeness (QED) is 0.757. The van der Waals surface area contributed by atoms with Crippen LogP contribution < -0.4 is 4.74 Å². The Balaban J connectivity index is 2.10. The van der Waals surface area contributed by atoms with Gasteiger partial charge in [0.15, 0.2) is 0 Å². The second-order valence-corrected chi connectivity index (χ2v) is 5.29. The summed E-state index contributed by atoms with van der Waals surface area (Å²) in [4.78, 5) is 0. The zero-order chi connectivity index (χ0) is 12.7. The van der Waals surface area contributed by atoms with Gasteiger partial charge in [-0.05, 0) is 36.2 Å². The molecule has 0 fully saturated rings. The number of ether oxygens (including phenoxy) is 1. The van der Waals surface area contributed by atoms with Crippen LogP contribution in [0.3, 0.4) is 0 Å². The largest absolute Gasteiger partial charge is 0.493 e. The van der Waals surface area contributed by atoms with Crippen molar-refractivity contribution in [3.05, 3.63) is 51.9 Å². The molecule has 0 saturated carbocycles. The number of hydrogen-bond acceptors (Lipinski definition) is 2. The third-order valence-corrected chi connectivity index (χ3v) is 3.83. The molecule has 2 nitrogen and oxygen atoms in total. The maximum absolute atomic E-state index is 6.50. The zero-order valence-corrected chi connectivity index (χ0v) is 11.4. The molecule has 4 heteroatoms. The minimum atomic E-state index is -0.370. The van der Waals surface area contributed by atoms with E-state index in [9.17, 15) is 0 Å². The summed E-state index contributed by atoms with van der Waals surface area (Å²) in [7, 11) is 0. The normalized spacial score (nSPS) is 15.3. The lowest BCUT2D eigenvalue weighted by Gasteiger charge is -2.13. The van der Waals surface area contributed by atoms with Crippen molar-refractivity contribution in [2.24, 2.45) is 0 Å². The first-order chi connectivity index (χ1) is 8.66. The Morgan fingerprint density at radius 1 is 1.33 bits per heavy atom. The van der Waals surface area contributed by atoms with Gasteiger partial charge in [0, 0.05) is 17.0 Å². The SMILES string of the molecule is Cc1ccoc1C(Cl)c1cc(Cl)cc2c1OCC2. The van der Waals surface area contributed by atoms with Gasteiger partial charge in [0.1, 0.15) is 16.9 Å². The number of alkyl halides is 1. The molecule has 18 heavy (non-hydrogen) atoms. The van der Waals surface area contributed by atoms with Crippen molar-refractivity contribution in [2.75, 3.05) is 6.61 Å². The third kappa shape index (κ3) is 1.90. The standard InChI is InChI=1S/C14H12Cl2O2/c1-8-2-4-17-13(8)12(16)11-7-10(15)6-9-3-5-18-14(9)11/h2,4,6-7,12H,3,5H2,1H3. The van der Waals surface area contributed by atoms with E-state index in [0.29, 0.717) is 11.6 Å². The van der Waals surface area contributed by atoms with Gasteiger partial charge in [-0.2, -0.15) is 0 Å². The van der Waals surface area contributed by atoms with Gasteiger partial charge < -0.3 is 9.15 Å². The molecule has 1 aliphatic rings. The fraction of sp³-hybridized carbons (Fsp3) is 0.286. The molecule has 0 N–H and O–H groups in total. The summed E-state index contributed by atoms with van der Waals surface area (Å²) in [5.74, 6) is 1.60. The molecule has 1 aromatic heterocycles. The maximum Gasteiger partial charge on any atom is 0.129 e. The van der Waals surface area contributed by atoms with Gasteiger partial charge in [0.25, 0.3) is 0 Å². The summed E-state index contributed by atoms with van der Waals surface area (Å²) in [6, 6.07) is 5.69. The van der Waals surface area contributed by atoms with Crippen LogP contribution >= 0.6 is 23.2 Å². The lowest BCUT2D eigenvalue weighted by molar-refractivity contribution is 0.352. The van der Waals surface area contributed by atoms with Gasteiger partial charge in [0.2, 0.25) is 0 Å². The molecule has 1 aromatic carbocycles. The highest BCUT2D eigenvalue weighted by Crippen LogP contribution is 2.42. The highest BCUT2D eigenvalue weighted by atomic mass is 35.5. The summed E-state index contributed by atoms with van der Waals surface area (Å²) in [5.41, 5.74) is 3.03. The average Bonchev–Trinajstić information content (AvgIpc) is 2.95. The Labute approximate surface area is 115 Å². The van der Waals surface area contributed by atoms with E-state index in [4.69, 9.17) is 32.4 Å². The predicted octanol–water partition coefficient (Wildman–Crippen LogP) is 4.50. The number of fused-ring (bicyclic) bond motifs is 1. The van der Waals surface area contributed by atoms with Crippen molar-refractivity contribution in [3.63, 3.8) is 0 Å². The van der Waals surface area contributed by atoms with Gasteiger partial charge in [0.05, 0.1) is 12.9 Å². The Morgan fingerprint density at radius 2 is 2.17 bits per heavy atom. The molecule has 0 amide bonds. The summed E-state index contributed by atoms with van der Waals surface area (Å²) in [6.07, 6.45) is 2.52. The van der Waals surface area contributed by atoms with Crippen LogP contribution in [-0.4, -0.2) is 6.61 Å². The minimum Gasteiger partial charge on any atom is -0.493 e. The van der Waals surface area contributed by atoms with Crippen LogP contribution in [0.1, 0.15) is 27.8 Å². The molecule has 94 valence electrons. The number of halogens is 2. The van der Waals surface area contributed by atoms with Gasteiger partial charge in [-0.1, -0.05) is 11.6 Å². The van der Waals surface area contributed by atoms with E-state index < -0.39 is 0 Å². The van der Waals surface area contributed by atoms with Crippen molar-refractivity contribution in [1.29, 1.82) is 0 Å². The second kappa shape index (κ2) is 4.52. The first-order valence-corrected chi connectivity index (χ1v) is 6.61. The molecule has 0 saturated heterocycles. The maximum atomic E-state index is 6.50. The molecular formula is C14H12Cl2O2. The predicted molar refractivity (Wildman–Crippen MR) is 71.8 cm³/mol. The van der Waals surface area contributed by atoms with Crippen LogP contribution in [-0.2, 0) is 6.42 Å². The first kappa shape index (κ1) is 11.9. The van der Waals surface area contributed by atoms with Gasteiger partial charge in [-0.15, -0.1) is 11.6 Å². The highest BCUT2D eigenvalue weighted by Gasteiger charge is 2.25. The van der Waals surface area contributed by atoms with Crippen molar-refractivity contribution in [2.45, 2.75) is 18.7 Å². The molecule has 0 spiro atoms. The van der Waals surface area contributed by atoms with Crippen molar-refractivity contribution >= 4 is 23.2 Å². The van der Waals surface area contributed by atoms with Gasteiger partial charge in [-0.25, -0.2) is 0 Å². The number of hydrogen-bond donors (Lipinski definition) is 0. The Bertz CT molecular complexity index is 589. The zero-order valence-electron chi connectivity index (χ0n) is 9.87. The van der Waals surface area contributed by atoms with E-state index in [0.717, 1.165) is 34.6 Å². The summed E-state index contributed by atoms with van der Waals surface area (Å²) < 4.78 is 11.1. The number of benzene rings is 1. The van der Waals surface area contributed by atoms with Gasteiger partial charge in [-0.3, -0.25) is 0 Å². The smallest absolute Gasteiger partial charge is 0.129 e. The third-order valence-electron chi connectivity index (χ3n) is 3.18. The summed E-state index contributed by atoms with van der Waals surface area (Å²) in [5, 5.41) is 0.314. The molecule has 1 aliphatic heterocycles. The van der Waals surface area contributed by atoms with Crippen molar-refractivity contribution in [3.8, 4) is 5.75 Å². The Hall–Kier alpha value is -1.12. The van der Waals surface area contributed by atoms with Crippen LogP contribution in [0.5, 0.6) is 5.75 Å². The van der Waals surface area contributed by atoms with E-state index >= 15 is 0 Å². The van der Waals surface area contributed by atoms with E-state index in [2.05, 4.69) is 0 Å². The molecule has 2 heterocycles. The molecule has 2 aromatic rings. The van der Waals surface area contributed by atoms with Crippen LogP contribution in [0, 0.1) is 6.92 Å². The topological polar surface area (TPSA) is 22.4 Å². The Morgan fingerprint density at radius 3 is 2.89 bits per heavy atom. The van der Waals surface area contributed by atoms with E-state index in [1.807, 2.05) is 25.1 Å². The van der Waals surface area contributed by atoms with Crippen LogP contribution in [0.25, 0.3) is 0 Å². The molecule has 3 rings (SSSR count). The molecule has 0 bridgehead atoms. The fourth-order valence-corrected chi connectivity index (χ4v) is 2.91. The average molecular weight is 283 g/mol. The van der Waals surface area contributed by atoms with E-state index in [1.165, 1.54) is 0 Å². The monoisotopic (exact) mass is 282 g/mol. The fourth-order valence-electron chi connectivity index (χ4n) is 2.27. The molecule has 1 atom stereocenters. The molecule has 0 radical (unpaired) electrons. The lowest BCUT2D eigenvalue weighted by atomic mass is 10.0. The number of rotatable bonds is 2. The van der Waals surface area contributed by atoms with E-state index in [-0.39, 0.29) is 5.38 Å². The van der Waals surface area contributed by atoms with Crippen LogP contribution in [0.4, 0.5) is 0 Å². The van der Waals surface area contributed by atoms with Crippen molar-refractivity contribution in [1.82, 2.24) is 0 Å². The highest BCUT2D eigenvalue weighted by molar-refractivity contribution is 6.31. The lowest BCUT2D eigenvalue weighted by Crippen LogP contribution is -1.97. The van der Waals surface area contributed by atoms with E-state index in [1.54, 1.807) is 6.26 Å². The Kier molecular flexibility index (Phi) is 3.00. The molecule has 1 unspecified atom stereocenters. The van der Waals surface area contributed by atoms with Crippen LogP contribution in [0.2, 0.25) is 5.02 Å². The molecular weight excluding hydrogens is 271 g/mol. The van der Waals surface area contributed by atoms with Crippen molar-refractivity contribution < 1.29 is 9.15 Å². The number of furan rings is 1. The first-order valence-electron chi connectivity index (χ1n) is 5.80. The summed E-state index contributed by atoms with van der Waals surface area (Å²) >= 11 is 12.6. The second-order valence-electron chi connectivity index (χ2n) is 4.41. The van der Waals surface area contributed by atoms with Gasteiger partial charge >= 0.3 is 0 Å². The molecule has 0 aliphatic carbocycles. The van der Waals surface area contributed by atoms with Crippen LogP contribution in [0.15, 0.2) is 28.9 Å². The number of aryl methyl sites for hydroxylation is 1. The summed E-state index contributed by atoms with van der Waals surface area (Å²) in [6.45, 7) is 2.66. The minimum absolute atomic E-state index is 0.370.